The van der Waals surface area contributed by atoms with Crippen molar-refractivity contribution < 1.29 is 22.6 Å². The monoisotopic (exact) mass is 334 g/mol. The third-order valence-corrected chi connectivity index (χ3v) is 4.24. The van der Waals surface area contributed by atoms with Gasteiger partial charge >= 0.3 is 6.18 Å². The Morgan fingerprint density at radius 3 is 2.33 bits per heavy atom. The number of fused-ring (bicyclic) bond motifs is 1. The molecule has 0 N–H and O–H groups in total. The molecule has 0 fully saturated rings. The van der Waals surface area contributed by atoms with Gasteiger partial charge in [0.25, 0.3) is 0 Å². The summed E-state index contributed by atoms with van der Waals surface area (Å²) >= 11 is 0. The van der Waals surface area contributed by atoms with Gasteiger partial charge in [-0.25, -0.2) is 0 Å². The van der Waals surface area contributed by atoms with E-state index in [0.717, 1.165) is 22.8 Å². The van der Waals surface area contributed by atoms with E-state index < -0.39 is 18.0 Å². The van der Waals surface area contributed by atoms with E-state index in [4.69, 9.17) is 9.47 Å². The molecular formula is C19H17F3O2. The Balaban J connectivity index is 2.10. The number of methoxy groups -OCH3 is 2. The highest BCUT2D eigenvalue weighted by molar-refractivity contribution is 5.92. The third-order valence-electron chi connectivity index (χ3n) is 4.24. The molecule has 1 atom stereocenters. The molecule has 1 unspecified atom stereocenters. The van der Waals surface area contributed by atoms with Gasteiger partial charge in [0.15, 0.2) is 6.29 Å². The minimum Gasteiger partial charge on any atom is -0.355 e. The number of halogens is 3. The fourth-order valence-corrected chi connectivity index (χ4v) is 3.15. The quantitative estimate of drug-likeness (QED) is 0.736. The molecule has 2 aromatic rings. The highest BCUT2D eigenvalue weighted by Gasteiger charge is 2.35. The van der Waals surface area contributed by atoms with Gasteiger partial charge in [0.2, 0.25) is 0 Å². The van der Waals surface area contributed by atoms with Crippen LogP contribution in [0.25, 0.3) is 11.6 Å². The number of benzene rings is 2. The molecule has 1 aliphatic carbocycles. The minimum atomic E-state index is -4.38. The highest BCUT2D eigenvalue weighted by atomic mass is 19.4. The van der Waals surface area contributed by atoms with E-state index >= 15 is 0 Å². The number of hydrogen-bond donors (Lipinski definition) is 0. The normalized spacial score (nSPS) is 17.1. The minimum absolute atomic E-state index is 0.278. The van der Waals surface area contributed by atoms with Crippen LogP contribution in [-0.4, -0.2) is 20.5 Å². The number of hydrogen-bond acceptors (Lipinski definition) is 2. The standard InChI is InChI=1S/C19H17F3O2/c1-23-18(24-2)17-15-9-4-3-6-13(15)11-16(17)12-7-5-8-14(10-12)19(20,21)22/h3-11,17-18H,1-2H3. The van der Waals surface area contributed by atoms with E-state index in [9.17, 15) is 13.2 Å². The summed E-state index contributed by atoms with van der Waals surface area (Å²) < 4.78 is 49.9. The summed E-state index contributed by atoms with van der Waals surface area (Å²) in [5.41, 5.74) is 2.57. The van der Waals surface area contributed by atoms with Crippen LogP contribution in [0.4, 0.5) is 13.2 Å². The molecule has 1 aliphatic rings. The second kappa shape index (κ2) is 6.42. The molecule has 0 aromatic heterocycles. The molecule has 0 spiro atoms. The molecule has 0 amide bonds. The van der Waals surface area contributed by atoms with Gasteiger partial charge < -0.3 is 9.47 Å². The maximum atomic E-state index is 13.0. The Hall–Kier alpha value is -2.11. The van der Waals surface area contributed by atoms with Crippen LogP contribution in [0, 0.1) is 0 Å². The van der Waals surface area contributed by atoms with Crippen molar-refractivity contribution in [3.05, 3.63) is 70.8 Å². The van der Waals surface area contributed by atoms with E-state index in [1.807, 2.05) is 30.3 Å². The van der Waals surface area contributed by atoms with Crippen LogP contribution < -0.4 is 0 Å². The van der Waals surface area contributed by atoms with Crippen molar-refractivity contribution in [1.82, 2.24) is 0 Å². The maximum absolute atomic E-state index is 13.0. The number of alkyl halides is 3. The van der Waals surface area contributed by atoms with Gasteiger partial charge in [0.1, 0.15) is 0 Å². The van der Waals surface area contributed by atoms with Crippen molar-refractivity contribution in [3.63, 3.8) is 0 Å². The third kappa shape index (κ3) is 2.97. The molecular weight excluding hydrogens is 317 g/mol. The topological polar surface area (TPSA) is 18.5 Å². The molecule has 0 saturated carbocycles. The van der Waals surface area contributed by atoms with E-state index in [0.29, 0.717) is 5.56 Å². The lowest BCUT2D eigenvalue weighted by Gasteiger charge is -2.25. The second-order valence-electron chi connectivity index (χ2n) is 5.62. The first-order chi connectivity index (χ1) is 11.5. The summed E-state index contributed by atoms with van der Waals surface area (Å²) in [6.07, 6.45) is -3.05. The molecule has 126 valence electrons. The molecule has 24 heavy (non-hydrogen) atoms. The van der Waals surface area contributed by atoms with Gasteiger partial charge in [-0.05, 0) is 34.4 Å². The lowest BCUT2D eigenvalue weighted by molar-refractivity contribution is -0.137. The Morgan fingerprint density at radius 2 is 1.67 bits per heavy atom. The Bertz CT molecular complexity index is 761. The van der Waals surface area contributed by atoms with Crippen LogP contribution in [0.15, 0.2) is 48.5 Å². The first-order valence-corrected chi connectivity index (χ1v) is 7.49. The summed E-state index contributed by atoms with van der Waals surface area (Å²) in [5, 5.41) is 0. The van der Waals surface area contributed by atoms with Crippen LogP contribution in [0.3, 0.4) is 0 Å². The molecule has 0 saturated heterocycles. The average Bonchev–Trinajstić information content (AvgIpc) is 2.95. The van der Waals surface area contributed by atoms with Crippen molar-refractivity contribution in [2.24, 2.45) is 0 Å². The fourth-order valence-electron chi connectivity index (χ4n) is 3.15. The summed E-state index contributed by atoms with van der Waals surface area (Å²) in [5.74, 6) is -0.278. The lowest BCUT2D eigenvalue weighted by atomic mass is 9.90. The summed E-state index contributed by atoms with van der Waals surface area (Å²) in [4.78, 5) is 0. The molecule has 5 heteroatoms. The Labute approximate surface area is 138 Å². The summed E-state index contributed by atoms with van der Waals surface area (Å²) in [6.45, 7) is 0. The molecule has 3 rings (SSSR count). The lowest BCUT2D eigenvalue weighted by Crippen LogP contribution is -2.23. The molecule has 0 radical (unpaired) electrons. The molecule has 0 aliphatic heterocycles. The second-order valence-corrected chi connectivity index (χ2v) is 5.62. The summed E-state index contributed by atoms with van der Waals surface area (Å²) in [6, 6.07) is 13.0. The largest absolute Gasteiger partial charge is 0.416 e. The predicted molar refractivity (Wildman–Crippen MR) is 86.3 cm³/mol. The Kier molecular flexibility index (Phi) is 4.47. The number of rotatable bonds is 4. The van der Waals surface area contributed by atoms with E-state index in [2.05, 4.69) is 0 Å². The van der Waals surface area contributed by atoms with Crippen LogP contribution in [0.2, 0.25) is 0 Å². The van der Waals surface area contributed by atoms with Crippen LogP contribution >= 0.6 is 0 Å². The predicted octanol–water partition coefficient (Wildman–Crippen LogP) is 4.96. The van der Waals surface area contributed by atoms with Crippen LogP contribution in [0.1, 0.15) is 28.2 Å². The molecule has 2 aromatic carbocycles. The van der Waals surface area contributed by atoms with Gasteiger partial charge in [-0.15, -0.1) is 0 Å². The van der Waals surface area contributed by atoms with E-state index in [1.165, 1.54) is 26.4 Å². The van der Waals surface area contributed by atoms with Crippen LogP contribution in [-0.2, 0) is 15.7 Å². The van der Waals surface area contributed by atoms with Gasteiger partial charge in [-0.3, -0.25) is 0 Å². The Morgan fingerprint density at radius 1 is 0.958 bits per heavy atom. The molecule has 0 bridgehead atoms. The highest BCUT2D eigenvalue weighted by Crippen LogP contribution is 2.45. The van der Waals surface area contributed by atoms with Crippen molar-refractivity contribution >= 4 is 11.6 Å². The van der Waals surface area contributed by atoms with Gasteiger partial charge in [-0.1, -0.05) is 42.5 Å². The van der Waals surface area contributed by atoms with Crippen molar-refractivity contribution in [1.29, 1.82) is 0 Å². The zero-order valence-electron chi connectivity index (χ0n) is 13.3. The van der Waals surface area contributed by atoms with Crippen molar-refractivity contribution in [2.45, 2.75) is 18.4 Å². The zero-order chi connectivity index (χ0) is 17.3. The smallest absolute Gasteiger partial charge is 0.355 e. The molecule has 2 nitrogen and oxygen atoms in total. The SMILES string of the molecule is COC(OC)C1C(c2cccc(C(F)(F)F)c2)=Cc2ccccc21. The summed E-state index contributed by atoms with van der Waals surface area (Å²) in [7, 11) is 3.05. The first-order valence-electron chi connectivity index (χ1n) is 7.49. The zero-order valence-corrected chi connectivity index (χ0v) is 13.3. The number of ether oxygens (including phenoxy) is 2. The first kappa shape index (κ1) is 16.7. The van der Waals surface area contributed by atoms with Crippen LogP contribution in [0.5, 0.6) is 0 Å². The van der Waals surface area contributed by atoms with Crippen molar-refractivity contribution in [2.75, 3.05) is 14.2 Å². The van der Waals surface area contributed by atoms with Gasteiger partial charge in [0, 0.05) is 14.2 Å². The van der Waals surface area contributed by atoms with Gasteiger partial charge in [-0.2, -0.15) is 13.2 Å². The maximum Gasteiger partial charge on any atom is 0.416 e. The van der Waals surface area contributed by atoms with E-state index in [1.54, 1.807) is 6.07 Å². The van der Waals surface area contributed by atoms with Gasteiger partial charge in [0.05, 0.1) is 11.5 Å². The average molecular weight is 334 g/mol. The van der Waals surface area contributed by atoms with E-state index in [-0.39, 0.29) is 5.92 Å². The van der Waals surface area contributed by atoms with Crippen molar-refractivity contribution in [3.8, 4) is 0 Å². The molecule has 0 heterocycles. The fraction of sp³-hybridized carbons (Fsp3) is 0.263.